The maximum absolute atomic E-state index is 10.3. The van der Waals surface area contributed by atoms with Crippen LogP contribution in [0.25, 0.3) is 0 Å². The third-order valence-corrected chi connectivity index (χ3v) is 5.14. The summed E-state index contributed by atoms with van der Waals surface area (Å²) in [5.74, 6) is -20.1. The lowest BCUT2D eigenvalue weighted by Gasteiger charge is -2.18. The van der Waals surface area contributed by atoms with E-state index in [1.807, 2.05) is 0 Å². The lowest BCUT2D eigenvalue weighted by molar-refractivity contribution is -0.170. The van der Waals surface area contributed by atoms with E-state index in [1.165, 1.54) is 0 Å². The quantitative estimate of drug-likeness (QED) is 0.0551. The van der Waals surface area contributed by atoms with Gasteiger partial charge in [-0.25, -0.2) is 19.2 Å². The number of rotatable bonds is 20. The van der Waals surface area contributed by atoms with Crippen molar-refractivity contribution in [1.82, 2.24) is 0 Å². The summed E-state index contributed by atoms with van der Waals surface area (Å²) in [7, 11) is 0. The van der Waals surface area contributed by atoms with E-state index in [0.717, 1.165) is 0 Å². The Labute approximate surface area is 285 Å². The first kappa shape index (κ1) is 52.3. The van der Waals surface area contributed by atoms with E-state index in [4.69, 9.17) is 81.7 Å². The van der Waals surface area contributed by atoms with Gasteiger partial charge < -0.3 is 81.7 Å². The van der Waals surface area contributed by atoms with Gasteiger partial charge in [-0.05, 0) is 0 Å². The van der Waals surface area contributed by atoms with Crippen LogP contribution in [0.5, 0.6) is 0 Å². The average molecular weight is 768 g/mol. The predicted octanol–water partition coefficient (Wildman–Crippen LogP) is -4.99. The van der Waals surface area contributed by atoms with Crippen LogP contribution in [-0.2, 0) is 57.5 Å². The molecule has 0 atom stereocenters. The molecular formula is C24H32O28. The highest BCUT2D eigenvalue weighted by Crippen LogP contribution is 2.18. The summed E-state index contributed by atoms with van der Waals surface area (Å²) in [6.45, 7) is 0. The molecule has 0 aromatic carbocycles. The number of carboxylic acid groups (broad SMARTS) is 12. The summed E-state index contributed by atoms with van der Waals surface area (Å²) in [6, 6.07) is 0. The van der Waals surface area contributed by atoms with E-state index < -0.39 is 145 Å². The molecular weight excluding hydrogens is 736 g/mol. The lowest BCUT2D eigenvalue weighted by atomic mass is 9.96. The number of carboxylic acids is 12. The Hall–Kier alpha value is -6.52. The van der Waals surface area contributed by atoms with Crippen molar-refractivity contribution in [3.05, 3.63) is 0 Å². The second-order valence-corrected chi connectivity index (χ2v) is 9.91. The van der Waals surface area contributed by atoms with Gasteiger partial charge in [0.25, 0.3) is 0 Å². The molecule has 0 aliphatic carbocycles. The van der Waals surface area contributed by atoms with E-state index in [0.29, 0.717) is 0 Å². The topological polar surface area (TPSA) is 529 Å². The van der Waals surface area contributed by atoms with Crippen molar-refractivity contribution in [3.8, 4) is 0 Å². The van der Waals surface area contributed by atoms with Crippen molar-refractivity contribution in [2.24, 2.45) is 0 Å². The minimum atomic E-state index is -2.74. The molecule has 0 aromatic rings. The normalized spacial score (nSPS) is 10.8. The summed E-state index contributed by atoms with van der Waals surface area (Å²) in [6.07, 6.45) is -9.15. The smallest absolute Gasteiger partial charge is 0.336 e. The molecule has 0 saturated carbocycles. The standard InChI is InChI=1S/4C6H8O7/c4*7-3(8)1-6(13,5(11)12)2-4(9)10/h4*13H,1-2H2,(H,7,8)(H,9,10)(H,11,12). The number of aliphatic hydroxyl groups is 4. The van der Waals surface area contributed by atoms with Gasteiger partial charge >= 0.3 is 71.6 Å². The van der Waals surface area contributed by atoms with Gasteiger partial charge in [0.05, 0.1) is 51.4 Å². The maximum Gasteiger partial charge on any atom is 0.336 e. The number of hydrogen-bond donors (Lipinski definition) is 16. The van der Waals surface area contributed by atoms with E-state index in [-0.39, 0.29) is 0 Å². The molecule has 0 radical (unpaired) electrons. The Bertz CT molecular complexity index is 1120. The monoisotopic (exact) mass is 768 g/mol. The van der Waals surface area contributed by atoms with Crippen LogP contribution in [0.2, 0.25) is 0 Å². The van der Waals surface area contributed by atoms with Gasteiger partial charge in [0.1, 0.15) is 0 Å². The Morgan fingerprint density at radius 2 is 0.308 bits per heavy atom. The fourth-order valence-electron chi connectivity index (χ4n) is 2.86. The molecule has 28 heteroatoms. The molecule has 0 fully saturated rings. The highest BCUT2D eigenvalue weighted by Gasteiger charge is 2.43. The number of aliphatic carboxylic acids is 12. The summed E-state index contributed by atoms with van der Waals surface area (Å²) < 4.78 is 0. The van der Waals surface area contributed by atoms with Gasteiger partial charge in [-0.3, -0.25) is 38.4 Å². The largest absolute Gasteiger partial charge is 0.481 e. The van der Waals surface area contributed by atoms with Gasteiger partial charge in [0.15, 0.2) is 22.4 Å². The number of carbonyl (C=O) groups is 12. The summed E-state index contributed by atoms with van der Waals surface area (Å²) in [4.78, 5) is 122. The van der Waals surface area contributed by atoms with Crippen molar-refractivity contribution in [2.45, 2.75) is 73.8 Å². The Morgan fingerprint density at radius 3 is 0.346 bits per heavy atom. The lowest BCUT2D eigenvalue weighted by Crippen LogP contribution is -2.42. The first-order valence-corrected chi connectivity index (χ1v) is 12.7. The van der Waals surface area contributed by atoms with E-state index in [2.05, 4.69) is 0 Å². The average Bonchev–Trinajstić information content (AvgIpc) is 2.85. The zero-order valence-electron chi connectivity index (χ0n) is 25.7. The molecule has 52 heavy (non-hydrogen) atoms. The van der Waals surface area contributed by atoms with Gasteiger partial charge in [-0.15, -0.1) is 0 Å². The van der Waals surface area contributed by atoms with Crippen molar-refractivity contribution < 1.29 is 139 Å². The third-order valence-electron chi connectivity index (χ3n) is 5.14. The molecule has 0 amide bonds. The SMILES string of the molecule is O=C(O)CC(O)(CC(=O)O)C(=O)O.O=C(O)CC(O)(CC(=O)O)C(=O)O.O=C(O)CC(O)(CC(=O)O)C(=O)O.O=C(O)CC(O)(CC(=O)O)C(=O)O. The van der Waals surface area contributed by atoms with Crippen LogP contribution < -0.4 is 0 Å². The predicted molar refractivity (Wildman–Crippen MR) is 148 cm³/mol. The van der Waals surface area contributed by atoms with Crippen molar-refractivity contribution in [1.29, 1.82) is 0 Å². The second kappa shape index (κ2) is 22.2. The Morgan fingerprint density at radius 1 is 0.231 bits per heavy atom. The first-order valence-electron chi connectivity index (χ1n) is 12.7. The van der Waals surface area contributed by atoms with Crippen LogP contribution in [0.1, 0.15) is 51.4 Å². The van der Waals surface area contributed by atoms with E-state index in [9.17, 15) is 57.5 Å². The zero-order chi connectivity index (χ0) is 42.6. The summed E-state index contributed by atoms with van der Waals surface area (Å²) in [5.41, 5.74) is -11.0. The third kappa shape index (κ3) is 23.7. The van der Waals surface area contributed by atoms with Crippen LogP contribution in [0.4, 0.5) is 0 Å². The molecule has 296 valence electrons. The molecule has 0 aliphatic heterocycles. The highest BCUT2D eigenvalue weighted by molar-refractivity contribution is 5.90. The Balaban J connectivity index is -0.000000295. The fraction of sp³-hybridized carbons (Fsp3) is 0.500. The van der Waals surface area contributed by atoms with Crippen molar-refractivity contribution in [3.63, 3.8) is 0 Å². The highest BCUT2D eigenvalue weighted by atomic mass is 16.4. The minimum absolute atomic E-state index is 1.14. The molecule has 16 N–H and O–H groups in total. The van der Waals surface area contributed by atoms with Gasteiger partial charge in [-0.1, -0.05) is 0 Å². The molecule has 0 heterocycles. The zero-order valence-corrected chi connectivity index (χ0v) is 25.7. The van der Waals surface area contributed by atoms with Crippen LogP contribution in [0.3, 0.4) is 0 Å². The molecule has 0 unspecified atom stereocenters. The van der Waals surface area contributed by atoms with Gasteiger partial charge in [-0.2, -0.15) is 0 Å². The molecule has 0 bridgehead atoms. The minimum Gasteiger partial charge on any atom is -0.481 e. The maximum atomic E-state index is 10.3. The van der Waals surface area contributed by atoms with Crippen molar-refractivity contribution >= 4 is 71.6 Å². The molecule has 0 aliphatic rings. The van der Waals surface area contributed by atoms with Crippen LogP contribution in [-0.4, -0.2) is 176 Å². The van der Waals surface area contributed by atoms with Gasteiger partial charge in [0, 0.05) is 0 Å². The molecule has 0 spiro atoms. The second-order valence-electron chi connectivity index (χ2n) is 9.91. The molecule has 28 nitrogen and oxygen atoms in total. The van der Waals surface area contributed by atoms with Crippen LogP contribution in [0.15, 0.2) is 0 Å². The van der Waals surface area contributed by atoms with Crippen LogP contribution in [0, 0.1) is 0 Å². The molecule has 0 saturated heterocycles. The van der Waals surface area contributed by atoms with Gasteiger partial charge in [0.2, 0.25) is 0 Å². The van der Waals surface area contributed by atoms with E-state index in [1.54, 1.807) is 0 Å². The Kier molecular flexibility index (Phi) is 22.4. The van der Waals surface area contributed by atoms with E-state index >= 15 is 0 Å². The van der Waals surface area contributed by atoms with Crippen LogP contribution >= 0.6 is 0 Å². The summed E-state index contributed by atoms with van der Waals surface area (Å²) >= 11 is 0. The summed E-state index contributed by atoms with van der Waals surface area (Å²) in [5, 5.41) is 135. The van der Waals surface area contributed by atoms with Crippen molar-refractivity contribution in [2.75, 3.05) is 0 Å². The first-order chi connectivity index (χ1) is 23.1. The fourth-order valence-corrected chi connectivity index (χ4v) is 2.86. The number of hydrogen-bond acceptors (Lipinski definition) is 16. The molecule has 0 rings (SSSR count). The molecule has 0 aromatic heterocycles.